The highest BCUT2D eigenvalue weighted by Gasteiger charge is 2.31. The van der Waals surface area contributed by atoms with Gasteiger partial charge >= 0.3 is 0 Å². The van der Waals surface area contributed by atoms with Gasteiger partial charge in [-0.3, -0.25) is 9.69 Å². The molecule has 0 aromatic carbocycles. The summed E-state index contributed by atoms with van der Waals surface area (Å²) in [5, 5.41) is 0. The monoisotopic (exact) mass is 159 g/mol. The molecule has 0 saturated carbocycles. The Morgan fingerprint density at radius 2 is 1.73 bits per heavy atom. The number of hydrogen-bond donors (Lipinski definition) is 0. The fraction of sp³-hybridized carbons (Fsp3) is 0.857. The number of carbonyl (C=O) groups excluding carboxylic acids is 1. The number of rotatable bonds is 3. The van der Waals surface area contributed by atoms with Crippen molar-refractivity contribution in [3.8, 4) is 0 Å². The Hall–Kier alpha value is -0.610. The van der Waals surface area contributed by atoms with E-state index in [1.165, 1.54) is 0 Å². The first-order chi connectivity index (χ1) is 5.33. The molecule has 4 nitrogen and oxygen atoms in total. The number of carbonyl (C=O) groups is 1. The van der Waals surface area contributed by atoms with Crippen LogP contribution in [-0.2, 0) is 14.3 Å². The van der Waals surface area contributed by atoms with Crippen LogP contribution in [0, 0.1) is 0 Å². The number of methoxy groups -OCH3 is 2. The van der Waals surface area contributed by atoms with E-state index in [9.17, 15) is 4.79 Å². The first kappa shape index (κ1) is 8.49. The third kappa shape index (κ3) is 1.52. The van der Waals surface area contributed by atoms with Gasteiger partial charge in [0.1, 0.15) is 12.5 Å². The molecule has 0 aliphatic carbocycles. The van der Waals surface area contributed by atoms with Gasteiger partial charge in [0.25, 0.3) is 0 Å². The zero-order chi connectivity index (χ0) is 8.27. The summed E-state index contributed by atoms with van der Waals surface area (Å²) in [5.41, 5.74) is 0. The van der Waals surface area contributed by atoms with E-state index in [1.54, 1.807) is 19.1 Å². The molecule has 1 saturated heterocycles. The van der Waals surface area contributed by atoms with Crippen LogP contribution in [0.2, 0.25) is 0 Å². The standard InChI is InChI=1S/C7H13NO3/c1-10-6-3-4-7(11-2)8(6)5-9/h5-7H,3-4H2,1-2H3. The number of nitrogens with zero attached hydrogens (tertiary/aromatic N) is 1. The second-order valence-electron chi connectivity index (χ2n) is 2.51. The Labute approximate surface area is 66.1 Å². The number of ether oxygens (including phenoxy) is 2. The van der Waals surface area contributed by atoms with E-state index >= 15 is 0 Å². The van der Waals surface area contributed by atoms with Gasteiger partial charge in [-0.05, 0) is 12.8 Å². The van der Waals surface area contributed by atoms with Gasteiger partial charge in [-0.1, -0.05) is 0 Å². The lowest BCUT2D eigenvalue weighted by atomic mass is 10.3. The third-order valence-corrected chi connectivity index (χ3v) is 1.99. The maximum atomic E-state index is 10.5. The molecule has 0 N–H and O–H groups in total. The van der Waals surface area contributed by atoms with E-state index < -0.39 is 0 Å². The topological polar surface area (TPSA) is 38.8 Å². The molecule has 2 atom stereocenters. The Morgan fingerprint density at radius 1 is 1.27 bits per heavy atom. The Balaban J connectivity index is 2.54. The predicted molar refractivity (Wildman–Crippen MR) is 38.7 cm³/mol. The van der Waals surface area contributed by atoms with Crippen LogP contribution in [0.3, 0.4) is 0 Å². The number of amides is 1. The molecule has 1 aliphatic heterocycles. The average molecular weight is 159 g/mol. The quantitative estimate of drug-likeness (QED) is 0.551. The zero-order valence-corrected chi connectivity index (χ0v) is 6.82. The first-order valence-electron chi connectivity index (χ1n) is 3.61. The minimum atomic E-state index is -0.0996. The van der Waals surface area contributed by atoms with Crippen molar-refractivity contribution in [2.45, 2.75) is 25.3 Å². The van der Waals surface area contributed by atoms with E-state index in [4.69, 9.17) is 9.47 Å². The Bertz CT molecular complexity index is 128. The van der Waals surface area contributed by atoms with Gasteiger partial charge in [-0.2, -0.15) is 0 Å². The summed E-state index contributed by atoms with van der Waals surface area (Å²) in [6, 6.07) is 0. The van der Waals surface area contributed by atoms with Crippen LogP contribution in [0.4, 0.5) is 0 Å². The predicted octanol–water partition coefficient (Wildman–Crippen LogP) is 0.184. The van der Waals surface area contributed by atoms with Crippen LogP contribution in [0.5, 0.6) is 0 Å². The molecule has 0 aromatic rings. The van der Waals surface area contributed by atoms with Gasteiger partial charge < -0.3 is 9.47 Å². The van der Waals surface area contributed by atoms with Gasteiger partial charge in [-0.25, -0.2) is 0 Å². The maximum absolute atomic E-state index is 10.5. The van der Waals surface area contributed by atoms with Crippen LogP contribution < -0.4 is 0 Å². The normalized spacial score (nSPS) is 30.9. The zero-order valence-electron chi connectivity index (χ0n) is 6.82. The van der Waals surface area contributed by atoms with E-state index in [0.717, 1.165) is 19.3 Å². The summed E-state index contributed by atoms with van der Waals surface area (Å²) in [6.07, 6.45) is 2.28. The van der Waals surface area contributed by atoms with E-state index in [2.05, 4.69) is 0 Å². The molecule has 1 fully saturated rings. The minimum Gasteiger partial charge on any atom is -0.361 e. The molecule has 1 rings (SSSR count). The van der Waals surface area contributed by atoms with Crippen molar-refractivity contribution in [1.29, 1.82) is 0 Å². The molecular weight excluding hydrogens is 146 g/mol. The van der Waals surface area contributed by atoms with Crippen LogP contribution in [0.15, 0.2) is 0 Å². The van der Waals surface area contributed by atoms with Crippen molar-refractivity contribution in [3.63, 3.8) is 0 Å². The van der Waals surface area contributed by atoms with Crippen molar-refractivity contribution in [1.82, 2.24) is 4.90 Å². The lowest BCUT2D eigenvalue weighted by Crippen LogP contribution is -2.36. The molecule has 11 heavy (non-hydrogen) atoms. The summed E-state index contributed by atoms with van der Waals surface area (Å²) in [6.45, 7) is 0. The van der Waals surface area contributed by atoms with Crippen molar-refractivity contribution >= 4 is 6.41 Å². The van der Waals surface area contributed by atoms with Crippen LogP contribution in [0.25, 0.3) is 0 Å². The lowest BCUT2D eigenvalue weighted by molar-refractivity contribution is -0.141. The lowest BCUT2D eigenvalue weighted by Gasteiger charge is -2.23. The summed E-state index contributed by atoms with van der Waals surface area (Å²) in [7, 11) is 3.19. The van der Waals surface area contributed by atoms with Gasteiger partial charge in [0, 0.05) is 14.2 Å². The third-order valence-electron chi connectivity index (χ3n) is 1.99. The highest BCUT2D eigenvalue weighted by atomic mass is 16.5. The second-order valence-corrected chi connectivity index (χ2v) is 2.51. The molecule has 0 aromatic heterocycles. The van der Waals surface area contributed by atoms with Gasteiger partial charge in [0.05, 0.1) is 0 Å². The van der Waals surface area contributed by atoms with Crippen molar-refractivity contribution in [2.24, 2.45) is 0 Å². The molecule has 2 unspecified atom stereocenters. The fourth-order valence-electron chi connectivity index (χ4n) is 1.38. The largest absolute Gasteiger partial charge is 0.361 e. The Kier molecular flexibility index (Phi) is 2.84. The van der Waals surface area contributed by atoms with Crippen LogP contribution in [-0.4, -0.2) is 38.0 Å². The molecule has 0 bridgehead atoms. The average Bonchev–Trinajstić information content (AvgIpc) is 2.45. The number of hydrogen-bond acceptors (Lipinski definition) is 3. The highest BCUT2D eigenvalue weighted by molar-refractivity contribution is 5.48. The maximum Gasteiger partial charge on any atom is 0.213 e. The summed E-state index contributed by atoms with van der Waals surface area (Å²) in [4.78, 5) is 12.1. The SMILES string of the molecule is COC1CCC(OC)N1C=O. The molecule has 0 spiro atoms. The van der Waals surface area contributed by atoms with Gasteiger partial charge in [0.15, 0.2) is 0 Å². The highest BCUT2D eigenvalue weighted by Crippen LogP contribution is 2.22. The number of likely N-dealkylation sites (tertiary alicyclic amines) is 1. The molecule has 1 aliphatic rings. The van der Waals surface area contributed by atoms with Crippen molar-refractivity contribution in [3.05, 3.63) is 0 Å². The second kappa shape index (κ2) is 3.69. The van der Waals surface area contributed by atoms with E-state index in [1.807, 2.05) is 0 Å². The fourth-order valence-corrected chi connectivity index (χ4v) is 1.38. The van der Waals surface area contributed by atoms with Gasteiger partial charge in [-0.15, -0.1) is 0 Å². The van der Waals surface area contributed by atoms with Crippen molar-refractivity contribution < 1.29 is 14.3 Å². The molecular formula is C7H13NO3. The summed E-state index contributed by atoms with van der Waals surface area (Å²) >= 11 is 0. The van der Waals surface area contributed by atoms with Crippen LogP contribution in [0.1, 0.15) is 12.8 Å². The molecule has 1 heterocycles. The van der Waals surface area contributed by atoms with E-state index in [0.29, 0.717) is 0 Å². The van der Waals surface area contributed by atoms with E-state index in [-0.39, 0.29) is 12.5 Å². The first-order valence-corrected chi connectivity index (χ1v) is 3.61. The minimum absolute atomic E-state index is 0.0996. The molecule has 64 valence electrons. The molecule has 4 heteroatoms. The summed E-state index contributed by atoms with van der Waals surface area (Å²) < 4.78 is 10.1. The Morgan fingerprint density at radius 3 is 2.00 bits per heavy atom. The van der Waals surface area contributed by atoms with Gasteiger partial charge in [0.2, 0.25) is 6.41 Å². The smallest absolute Gasteiger partial charge is 0.213 e. The van der Waals surface area contributed by atoms with Crippen LogP contribution >= 0.6 is 0 Å². The summed E-state index contributed by atoms with van der Waals surface area (Å²) in [5.74, 6) is 0. The molecule has 0 radical (unpaired) electrons. The molecule has 1 amide bonds. The van der Waals surface area contributed by atoms with Crippen molar-refractivity contribution in [2.75, 3.05) is 14.2 Å².